The molecule has 4 nitrogen and oxygen atoms in total. The first kappa shape index (κ1) is 10.6. The van der Waals surface area contributed by atoms with Gasteiger partial charge in [-0.1, -0.05) is 31.3 Å². The molecule has 0 bridgehead atoms. The van der Waals surface area contributed by atoms with Crippen molar-refractivity contribution in [2.75, 3.05) is 0 Å². The van der Waals surface area contributed by atoms with Crippen molar-refractivity contribution >= 4 is 0 Å². The van der Waals surface area contributed by atoms with E-state index in [0.29, 0.717) is 18.2 Å². The fraction of sp³-hybridized carbons (Fsp3) is 0.818. The zero-order chi connectivity index (χ0) is 10.7. The Balaban J connectivity index is 2.05. The SMILES string of the molecule is CCC(O)c1noc(C2CCCCC2)n1. The van der Waals surface area contributed by atoms with Crippen LogP contribution in [0.3, 0.4) is 0 Å². The maximum absolute atomic E-state index is 9.56. The summed E-state index contributed by atoms with van der Waals surface area (Å²) < 4.78 is 5.21. The van der Waals surface area contributed by atoms with Crippen LogP contribution < -0.4 is 0 Å². The summed E-state index contributed by atoms with van der Waals surface area (Å²) in [6, 6.07) is 0. The molecule has 1 aromatic rings. The Morgan fingerprint density at radius 2 is 2.13 bits per heavy atom. The molecule has 0 saturated heterocycles. The predicted molar refractivity (Wildman–Crippen MR) is 55.4 cm³/mol. The number of hydrogen-bond donors (Lipinski definition) is 1. The lowest BCUT2D eigenvalue weighted by atomic mass is 9.89. The van der Waals surface area contributed by atoms with Crippen LogP contribution in [0, 0.1) is 0 Å². The van der Waals surface area contributed by atoms with Gasteiger partial charge < -0.3 is 9.63 Å². The zero-order valence-corrected chi connectivity index (χ0v) is 9.15. The van der Waals surface area contributed by atoms with Gasteiger partial charge in [-0.05, 0) is 19.3 Å². The van der Waals surface area contributed by atoms with E-state index < -0.39 is 6.10 Å². The van der Waals surface area contributed by atoms with Crippen LogP contribution in [0.1, 0.15) is 69.2 Å². The molecule has 1 atom stereocenters. The summed E-state index contributed by atoms with van der Waals surface area (Å²) in [7, 11) is 0. The van der Waals surface area contributed by atoms with Gasteiger partial charge in [0.1, 0.15) is 6.10 Å². The Bertz CT molecular complexity index is 305. The minimum Gasteiger partial charge on any atom is -0.385 e. The van der Waals surface area contributed by atoms with Crippen molar-refractivity contribution in [3.63, 3.8) is 0 Å². The van der Waals surface area contributed by atoms with Gasteiger partial charge in [-0.15, -0.1) is 0 Å². The maximum atomic E-state index is 9.56. The summed E-state index contributed by atoms with van der Waals surface area (Å²) in [5, 5.41) is 13.4. The lowest BCUT2D eigenvalue weighted by Gasteiger charge is -2.17. The van der Waals surface area contributed by atoms with E-state index in [-0.39, 0.29) is 0 Å². The minimum atomic E-state index is -0.578. The number of rotatable bonds is 3. The summed E-state index contributed by atoms with van der Waals surface area (Å²) in [5.74, 6) is 1.58. The standard InChI is InChI=1S/C11H18N2O2/c1-2-9(14)10-12-11(15-13-10)8-6-4-3-5-7-8/h8-9,14H,2-7H2,1H3. The Morgan fingerprint density at radius 1 is 1.40 bits per heavy atom. The third-order valence-electron chi connectivity index (χ3n) is 3.10. The van der Waals surface area contributed by atoms with E-state index in [1.807, 2.05) is 6.92 Å². The second kappa shape index (κ2) is 4.75. The molecule has 1 saturated carbocycles. The monoisotopic (exact) mass is 210 g/mol. The van der Waals surface area contributed by atoms with Gasteiger partial charge in [0.15, 0.2) is 5.82 Å². The van der Waals surface area contributed by atoms with E-state index >= 15 is 0 Å². The van der Waals surface area contributed by atoms with Crippen LogP contribution >= 0.6 is 0 Å². The van der Waals surface area contributed by atoms with Crippen LogP contribution in [0.4, 0.5) is 0 Å². The van der Waals surface area contributed by atoms with Crippen LogP contribution in [0.5, 0.6) is 0 Å². The van der Waals surface area contributed by atoms with Crippen molar-refractivity contribution in [3.8, 4) is 0 Å². The molecule has 1 aromatic heterocycles. The van der Waals surface area contributed by atoms with Crippen molar-refractivity contribution in [1.82, 2.24) is 10.1 Å². The van der Waals surface area contributed by atoms with Gasteiger partial charge in [-0.25, -0.2) is 0 Å². The van der Waals surface area contributed by atoms with Crippen LogP contribution in [-0.4, -0.2) is 15.2 Å². The number of aromatic nitrogens is 2. The molecule has 0 aromatic carbocycles. The number of hydrogen-bond acceptors (Lipinski definition) is 4. The lowest BCUT2D eigenvalue weighted by Crippen LogP contribution is -2.05. The van der Waals surface area contributed by atoms with E-state index in [2.05, 4.69) is 10.1 Å². The molecule has 2 rings (SSSR count). The van der Waals surface area contributed by atoms with E-state index in [9.17, 15) is 5.11 Å². The lowest BCUT2D eigenvalue weighted by molar-refractivity contribution is 0.159. The Labute approximate surface area is 89.7 Å². The van der Waals surface area contributed by atoms with Gasteiger partial charge in [0.05, 0.1) is 0 Å². The molecule has 1 N–H and O–H groups in total. The van der Waals surface area contributed by atoms with Crippen LogP contribution in [0.15, 0.2) is 4.52 Å². The summed E-state index contributed by atoms with van der Waals surface area (Å²) in [6.45, 7) is 1.90. The summed E-state index contributed by atoms with van der Waals surface area (Å²) in [6.07, 6.45) is 6.15. The molecule has 1 fully saturated rings. The highest BCUT2D eigenvalue weighted by atomic mass is 16.5. The largest absolute Gasteiger partial charge is 0.385 e. The third-order valence-corrected chi connectivity index (χ3v) is 3.10. The van der Waals surface area contributed by atoms with Crippen LogP contribution in [-0.2, 0) is 0 Å². The molecular weight excluding hydrogens is 192 g/mol. The van der Waals surface area contributed by atoms with Crippen LogP contribution in [0.2, 0.25) is 0 Å². The predicted octanol–water partition coefficient (Wildman–Crippen LogP) is 2.56. The Morgan fingerprint density at radius 3 is 2.80 bits per heavy atom. The Kier molecular flexibility index (Phi) is 3.36. The topological polar surface area (TPSA) is 59.2 Å². The molecule has 84 valence electrons. The molecule has 4 heteroatoms. The maximum Gasteiger partial charge on any atom is 0.229 e. The van der Waals surface area contributed by atoms with Crippen molar-refractivity contribution in [2.24, 2.45) is 0 Å². The fourth-order valence-electron chi connectivity index (χ4n) is 2.08. The van der Waals surface area contributed by atoms with Gasteiger partial charge in [-0.2, -0.15) is 4.98 Å². The normalized spacial score (nSPS) is 20.4. The molecule has 0 amide bonds. The second-order valence-corrected chi connectivity index (χ2v) is 4.25. The summed E-state index contributed by atoms with van der Waals surface area (Å²) in [5.41, 5.74) is 0. The van der Waals surface area contributed by atoms with Gasteiger partial charge >= 0.3 is 0 Å². The minimum absolute atomic E-state index is 0.420. The van der Waals surface area contributed by atoms with Crippen molar-refractivity contribution in [2.45, 2.75) is 57.5 Å². The highest BCUT2D eigenvalue weighted by molar-refractivity contribution is 4.97. The molecule has 0 spiro atoms. The first-order valence-corrected chi connectivity index (χ1v) is 5.82. The van der Waals surface area contributed by atoms with Gasteiger partial charge in [-0.3, -0.25) is 0 Å². The molecule has 0 aliphatic heterocycles. The van der Waals surface area contributed by atoms with Gasteiger partial charge in [0, 0.05) is 5.92 Å². The summed E-state index contributed by atoms with van der Waals surface area (Å²) in [4.78, 5) is 4.28. The molecule has 15 heavy (non-hydrogen) atoms. The molecule has 1 aliphatic carbocycles. The van der Waals surface area contributed by atoms with Gasteiger partial charge in [0.2, 0.25) is 5.89 Å². The Hall–Kier alpha value is -0.900. The van der Waals surface area contributed by atoms with E-state index in [4.69, 9.17) is 4.52 Å². The van der Waals surface area contributed by atoms with E-state index in [1.165, 1.54) is 19.3 Å². The fourth-order valence-corrected chi connectivity index (χ4v) is 2.08. The van der Waals surface area contributed by atoms with Gasteiger partial charge in [0.25, 0.3) is 0 Å². The smallest absolute Gasteiger partial charge is 0.229 e. The summed E-state index contributed by atoms with van der Waals surface area (Å²) >= 11 is 0. The number of aliphatic hydroxyl groups excluding tert-OH is 1. The molecule has 1 unspecified atom stereocenters. The number of aliphatic hydroxyl groups is 1. The average molecular weight is 210 g/mol. The number of nitrogens with zero attached hydrogens (tertiary/aromatic N) is 2. The molecular formula is C11H18N2O2. The van der Waals surface area contributed by atoms with Crippen molar-refractivity contribution in [3.05, 3.63) is 11.7 Å². The zero-order valence-electron chi connectivity index (χ0n) is 9.15. The molecule has 1 aliphatic rings. The molecule has 1 heterocycles. The van der Waals surface area contributed by atoms with Crippen molar-refractivity contribution < 1.29 is 9.63 Å². The molecule has 0 radical (unpaired) electrons. The second-order valence-electron chi connectivity index (χ2n) is 4.25. The highest BCUT2D eigenvalue weighted by Gasteiger charge is 2.22. The van der Waals surface area contributed by atoms with Crippen molar-refractivity contribution in [1.29, 1.82) is 0 Å². The average Bonchev–Trinajstić information content (AvgIpc) is 2.78. The highest BCUT2D eigenvalue weighted by Crippen LogP contribution is 2.32. The van der Waals surface area contributed by atoms with E-state index in [0.717, 1.165) is 18.7 Å². The quantitative estimate of drug-likeness (QED) is 0.833. The van der Waals surface area contributed by atoms with E-state index in [1.54, 1.807) is 0 Å². The first-order chi connectivity index (χ1) is 7.31. The first-order valence-electron chi connectivity index (χ1n) is 5.82. The third kappa shape index (κ3) is 2.37. The van der Waals surface area contributed by atoms with Crippen LogP contribution in [0.25, 0.3) is 0 Å².